The van der Waals surface area contributed by atoms with Crippen molar-refractivity contribution in [3.8, 4) is 0 Å². The maximum Gasteiger partial charge on any atom is 0.264 e. The van der Waals surface area contributed by atoms with Crippen molar-refractivity contribution >= 4 is 27.5 Å². The minimum Gasteiger partial charge on any atom is -0.352 e. The molecule has 0 aliphatic heterocycles. The number of carbonyl (C=O) groups excluding carboxylic acids is 2. The van der Waals surface area contributed by atoms with Gasteiger partial charge in [-0.3, -0.25) is 13.9 Å². The summed E-state index contributed by atoms with van der Waals surface area (Å²) >= 11 is 0. The molecular weight excluding hydrogens is 541 g/mol. The smallest absolute Gasteiger partial charge is 0.264 e. The zero-order valence-corrected chi connectivity index (χ0v) is 24.4. The van der Waals surface area contributed by atoms with Crippen molar-refractivity contribution in [2.75, 3.05) is 10.8 Å². The van der Waals surface area contributed by atoms with E-state index in [0.717, 1.165) is 59.7 Å². The van der Waals surface area contributed by atoms with Crippen LogP contribution in [0.25, 0.3) is 0 Å². The summed E-state index contributed by atoms with van der Waals surface area (Å²) in [5.74, 6) is -1.30. The van der Waals surface area contributed by atoms with Gasteiger partial charge in [-0.15, -0.1) is 0 Å². The first kappa shape index (κ1) is 30.2. The second kappa shape index (κ2) is 13.8. The molecule has 0 aromatic heterocycles. The van der Waals surface area contributed by atoms with Crippen LogP contribution in [0, 0.1) is 12.7 Å². The van der Waals surface area contributed by atoms with Gasteiger partial charge in [0.25, 0.3) is 10.0 Å². The van der Waals surface area contributed by atoms with Gasteiger partial charge >= 0.3 is 0 Å². The van der Waals surface area contributed by atoms with Crippen molar-refractivity contribution in [2.24, 2.45) is 0 Å². The Bertz CT molecular complexity index is 1410. The minimum atomic E-state index is -4.24. The normalized spacial score (nSPS) is 14.7. The first-order valence-corrected chi connectivity index (χ1v) is 15.6. The van der Waals surface area contributed by atoms with Gasteiger partial charge in [0.2, 0.25) is 11.8 Å². The molecule has 0 bridgehead atoms. The molecule has 9 heteroatoms. The number of aryl methyl sites for hydroxylation is 1. The third-order valence-electron chi connectivity index (χ3n) is 7.54. The molecule has 41 heavy (non-hydrogen) atoms. The van der Waals surface area contributed by atoms with Crippen LogP contribution in [0.2, 0.25) is 0 Å². The third kappa shape index (κ3) is 7.73. The fraction of sp³-hybridized carbons (Fsp3) is 0.375. The molecule has 1 aliphatic carbocycles. The van der Waals surface area contributed by atoms with E-state index < -0.39 is 34.3 Å². The maximum atomic E-state index is 14.1. The SMILES string of the molecule is CCC(C(=O)NC1CCCCC1)N(Cc1ccccc1)C(=O)CN(c1ccc(C)cc1)S(=O)(=O)c1ccc(F)cc1. The van der Waals surface area contributed by atoms with Crippen LogP contribution in [0.1, 0.15) is 56.6 Å². The lowest BCUT2D eigenvalue weighted by Gasteiger charge is -2.34. The van der Waals surface area contributed by atoms with E-state index in [1.54, 1.807) is 24.3 Å². The van der Waals surface area contributed by atoms with E-state index >= 15 is 0 Å². The molecule has 2 amide bonds. The topological polar surface area (TPSA) is 86.8 Å². The van der Waals surface area contributed by atoms with Gasteiger partial charge in [-0.1, -0.05) is 74.2 Å². The highest BCUT2D eigenvalue weighted by atomic mass is 32.2. The highest BCUT2D eigenvalue weighted by molar-refractivity contribution is 7.92. The molecule has 218 valence electrons. The first-order valence-electron chi connectivity index (χ1n) is 14.2. The molecule has 1 N–H and O–H groups in total. The molecule has 1 aliphatic rings. The van der Waals surface area contributed by atoms with Gasteiger partial charge in [0.1, 0.15) is 18.4 Å². The monoisotopic (exact) mass is 579 g/mol. The summed E-state index contributed by atoms with van der Waals surface area (Å²) in [7, 11) is -4.24. The van der Waals surface area contributed by atoms with E-state index in [1.807, 2.05) is 44.2 Å². The Kier molecular flexibility index (Phi) is 10.2. The molecule has 0 spiro atoms. The summed E-state index contributed by atoms with van der Waals surface area (Å²) in [5.41, 5.74) is 2.05. The molecule has 4 rings (SSSR count). The summed E-state index contributed by atoms with van der Waals surface area (Å²) in [6, 6.07) is 20.0. The summed E-state index contributed by atoms with van der Waals surface area (Å²) in [6.45, 7) is 3.35. The molecule has 0 saturated heterocycles. The van der Waals surface area contributed by atoms with Gasteiger partial charge in [-0.25, -0.2) is 12.8 Å². The van der Waals surface area contributed by atoms with E-state index in [9.17, 15) is 22.4 Å². The molecule has 1 fully saturated rings. The number of anilines is 1. The highest BCUT2D eigenvalue weighted by Crippen LogP contribution is 2.26. The lowest BCUT2D eigenvalue weighted by Crippen LogP contribution is -2.54. The molecule has 1 unspecified atom stereocenters. The Balaban J connectivity index is 1.68. The number of sulfonamides is 1. The van der Waals surface area contributed by atoms with E-state index in [4.69, 9.17) is 0 Å². The zero-order chi connectivity index (χ0) is 29.4. The summed E-state index contributed by atoms with van der Waals surface area (Å²) in [6.07, 6.45) is 5.45. The minimum absolute atomic E-state index is 0.0712. The van der Waals surface area contributed by atoms with Crippen LogP contribution in [-0.2, 0) is 26.2 Å². The molecule has 7 nitrogen and oxygen atoms in total. The van der Waals surface area contributed by atoms with Crippen LogP contribution in [0.4, 0.5) is 10.1 Å². The van der Waals surface area contributed by atoms with Crippen LogP contribution in [0.3, 0.4) is 0 Å². The summed E-state index contributed by atoms with van der Waals surface area (Å²) in [4.78, 5) is 29.0. The Morgan fingerprint density at radius 3 is 2.17 bits per heavy atom. The van der Waals surface area contributed by atoms with Gasteiger partial charge in [0.05, 0.1) is 10.6 Å². The molecule has 3 aromatic rings. The molecule has 0 radical (unpaired) electrons. The standard InChI is InChI=1S/C32H38FN3O4S/c1-3-30(32(38)34-27-12-8-5-9-13-27)35(22-25-10-6-4-7-11-25)31(37)23-36(28-18-14-24(2)15-19-28)41(39,40)29-20-16-26(33)17-21-29/h4,6-7,10-11,14-21,27,30H,3,5,8-9,12-13,22-23H2,1-2H3,(H,34,38). The van der Waals surface area contributed by atoms with Crippen molar-refractivity contribution in [3.05, 3.63) is 95.8 Å². The van der Waals surface area contributed by atoms with Gasteiger partial charge in [0.15, 0.2) is 0 Å². The molecular formula is C32H38FN3O4S. The third-order valence-corrected chi connectivity index (χ3v) is 9.32. The van der Waals surface area contributed by atoms with Crippen LogP contribution >= 0.6 is 0 Å². The van der Waals surface area contributed by atoms with Gasteiger partial charge in [-0.05, 0) is 68.1 Å². The lowest BCUT2D eigenvalue weighted by molar-refractivity contribution is -0.140. The van der Waals surface area contributed by atoms with Gasteiger partial charge in [0, 0.05) is 12.6 Å². The fourth-order valence-corrected chi connectivity index (χ4v) is 6.63. The molecule has 1 saturated carbocycles. The number of halogens is 1. The van der Waals surface area contributed by atoms with Crippen LogP contribution < -0.4 is 9.62 Å². The highest BCUT2D eigenvalue weighted by Gasteiger charge is 2.34. The molecule has 3 aromatic carbocycles. The number of nitrogens with zero attached hydrogens (tertiary/aromatic N) is 2. The quantitative estimate of drug-likeness (QED) is 0.321. The lowest BCUT2D eigenvalue weighted by atomic mass is 9.95. The zero-order valence-electron chi connectivity index (χ0n) is 23.6. The van der Waals surface area contributed by atoms with Crippen molar-refractivity contribution in [2.45, 2.75) is 75.9 Å². The van der Waals surface area contributed by atoms with Crippen molar-refractivity contribution in [1.82, 2.24) is 10.2 Å². The second-order valence-electron chi connectivity index (χ2n) is 10.6. The van der Waals surface area contributed by atoms with Crippen LogP contribution in [0.5, 0.6) is 0 Å². The van der Waals surface area contributed by atoms with Crippen molar-refractivity contribution in [1.29, 1.82) is 0 Å². The average molecular weight is 580 g/mol. The van der Waals surface area contributed by atoms with E-state index in [-0.39, 0.29) is 23.4 Å². The van der Waals surface area contributed by atoms with Gasteiger partial charge < -0.3 is 10.2 Å². The number of hydrogen-bond acceptors (Lipinski definition) is 4. The molecule has 1 atom stereocenters. The average Bonchev–Trinajstić information content (AvgIpc) is 2.97. The predicted octanol–water partition coefficient (Wildman–Crippen LogP) is 5.59. The van der Waals surface area contributed by atoms with E-state index in [0.29, 0.717) is 12.1 Å². The number of hydrogen-bond donors (Lipinski definition) is 1. The van der Waals surface area contributed by atoms with E-state index in [1.165, 1.54) is 17.0 Å². The number of rotatable bonds is 11. The Morgan fingerprint density at radius 2 is 1.56 bits per heavy atom. The Hall–Kier alpha value is -3.72. The molecule has 0 heterocycles. The summed E-state index contributed by atoms with van der Waals surface area (Å²) < 4.78 is 42.3. The fourth-order valence-electron chi connectivity index (χ4n) is 5.22. The number of carbonyl (C=O) groups is 2. The maximum absolute atomic E-state index is 14.1. The number of amides is 2. The van der Waals surface area contributed by atoms with Crippen LogP contribution in [-0.4, -0.2) is 43.8 Å². The number of benzene rings is 3. The Morgan fingerprint density at radius 1 is 0.927 bits per heavy atom. The second-order valence-corrected chi connectivity index (χ2v) is 12.4. The first-order chi connectivity index (χ1) is 19.7. The largest absolute Gasteiger partial charge is 0.352 e. The van der Waals surface area contributed by atoms with Crippen molar-refractivity contribution in [3.63, 3.8) is 0 Å². The van der Waals surface area contributed by atoms with E-state index in [2.05, 4.69) is 5.32 Å². The summed E-state index contributed by atoms with van der Waals surface area (Å²) in [5, 5.41) is 3.14. The predicted molar refractivity (Wildman–Crippen MR) is 158 cm³/mol. The van der Waals surface area contributed by atoms with Gasteiger partial charge in [-0.2, -0.15) is 0 Å². The van der Waals surface area contributed by atoms with Crippen molar-refractivity contribution < 1.29 is 22.4 Å². The van der Waals surface area contributed by atoms with Crippen LogP contribution in [0.15, 0.2) is 83.8 Å². The Labute approximate surface area is 242 Å². The number of nitrogens with one attached hydrogen (secondary N) is 1.